The molecule has 0 aromatic carbocycles. The van der Waals surface area contributed by atoms with Crippen molar-refractivity contribution in [3.8, 4) is 17.1 Å². The van der Waals surface area contributed by atoms with E-state index in [2.05, 4.69) is 9.97 Å². The normalized spacial score (nSPS) is 10.0. The second-order valence-corrected chi connectivity index (χ2v) is 3.28. The molecule has 0 aliphatic heterocycles. The van der Waals surface area contributed by atoms with Crippen molar-refractivity contribution in [3.63, 3.8) is 0 Å². The number of pyridine rings is 2. The van der Waals surface area contributed by atoms with E-state index in [4.69, 9.17) is 4.74 Å². The van der Waals surface area contributed by atoms with E-state index in [1.807, 2.05) is 31.2 Å². The molecule has 2 aromatic heterocycles. The van der Waals surface area contributed by atoms with Gasteiger partial charge in [0.05, 0.1) is 18.4 Å². The molecule has 0 amide bonds. The third-order valence-corrected chi connectivity index (χ3v) is 2.16. The van der Waals surface area contributed by atoms with Gasteiger partial charge in [-0.2, -0.15) is 0 Å². The van der Waals surface area contributed by atoms with Crippen LogP contribution >= 0.6 is 0 Å². The van der Waals surface area contributed by atoms with E-state index in [1.54, 1.807) is 19.5 Å². The van der Waals surface area contributed by atoms with Gasteiger partial charge in [0, 0.05) is 12.4 Å². The lowest BCUT2D eigenvalue weighted by molar-refractivity contribution is 0.399. The fourth-order valence-electron chi connectivity index (χ4n) is 1.43. The number of aromatic nitrogens is 2. The summed E-state index contributed by atoms with van der Waals surface area (Å²) in [6.45, 7) is 2.04. The maximum absolute atomic E-state index is 5.19. The van der Waals surface area contributed by atoms with Crippen LogP contribution in [0.25, 0.3) is 11.3 Å². The molecule has 3 heteroatoms. The Morgan fingerprint density at radius 2 is 2.00 bits per heavy atom. The van der Waals surface area contributed by atoms with Gasteiger partial charge in [-0.25, -0.2) is 4.98 Å². The van der Waals surface area contributed by atoms with Crippen molar-refractivity contribution >= 4 is 0 Å². The molecule has 0 saturated carbocycles. The third-order valence-electron chi connectivity index (χ3n) is 2.16. The smallest absolute Gasteiger partial charge is 0.222 e. The van der Waals surface area contributed by atoms with E-state index >= 15 is 0 Å². The Bertz CT molecular complexity index is 469. The van der Waals surface area contributed by atoms with Gasteiger partial charge in [0.15, 0.2) is 0 Å². The van der Waals surface area contributed by atoms with Crippen molar-refractivity contribution in [3.05, 3.63) is 42.2 Å². The highest BCUT2D eigenvalue weighted by Gasteiger charge is 2.06. The number of hydrogen-bond acceptors (Lipinski definition) is 3. The Hall–Kier alpha value is -1.90. The summed E-state index contributed by atoms with van der Waals surface area (Å²) in [6, 6.07) is 7.81. The number of hydrogen-bond donors (Lipinski definition) is 0. The van der Waals surface area contributed by atoms with E-state index in [0.717, 1.165) is 11.3 Å². The first-order chi connectivity index (χ1) is 7.31. The average Bonchev–Trinajstić information content (AvgIpc) is 2.29. The number of nitrogens with zero attached hydrogens (tertiary/aromatic N) is 2. The standard InChI is InChI=1S/C12H12N2O/c1-9-5-7-13-11(8-9)10-4-3-6-14-12(10)15-2/h3-8H,1-2H3. The van der Waals surface area contributed by atoms with Gasteiger partial charge in [0.2, 0.25) is 5.88 Å². The largest absolute Gasteiger partial charge is 0.481 e. The van der Waals surface area contributed by atoms with Crippen LogP contribution in [0.3, 0.4) is 0 Å². The maximum Gasteiger partial charge on any atom is 0.222 e. The second-order valence-electron chi connectivity index (χ2n) is 3.28. The summed E-state index contributed by atoms with van der Waals surface area (Å²) in [4.78, 5) is 8.44. The van der Waals surface area contributed by atoms with Crippen molar-refractivity contribution < 1.29 is 4.74 Å². The van der Waals surface area contributed by atoms with Crippen LogP contribution in [0.2, 0.25) is 0 Å². The van der Waals surface area contributed by atoms with E-state index in [0.29, 0.717) is 5.88 Å². The number of methoxy groups -OCH3 is 1. The van der Waals surface area contributed by atoms with Gasteiger partial charge < -0.3 is 4.74 Å². The first-order valence-corrected chi connectivity index (χ1v) is 4.73. The van der Waals surface area contributed by atoms with Crippen LogP contribution < -0.4 is 4.74 Å². The fraction of sp³-hybridized carbons (Fsp3) is 0.167. The minimum absolute atomic E-state index is 0.607. The zero-order valence-electron chi connectivity index (χ0n) is 8.77. The Morgan fingerprint density at radius 3 is 2.73 bits per heavy atom. The molecule has 3 nitrogen and oxygen atoms in total. The van der Waals surface area contributed by atoms with Gasteiger partial charge in [-0.15, -0.1) is 0 Å². The van der Waals surface area contributed by atoms with Gasteiger partial charge in [-0.1, -0.05) is 0 Å². The molecule has 0 saturated heterocycles. The summed E-state index contributed by atoms with van der Waals surface area (Å²) in [5.41, 5.74) is 2.98. The van der Waals surface area contributed by atoms with E-state index in [-0.39, 0.29) is 0 Å². The van der Waals surface area contributed by atoms with Crippen molar-refractivity contribution in [2.24, 2.45) is 0 Å². The minimum atomic E-state index is 0.607. The SMILES string of the molecule is COc1ncccc1-c1cc(C)ccn1. The number of rotatable bonds is 2. The van der Waals surface area contributed by atoms with Gasteiger partial charge in [-0.3, -0.25) is 4.98 Å². The van der Waals surface area contributed by atoms with Crippen LogP contribution in [0.1, 0.15) is 5.56 Å². The fourth-order valence-corrected chi connectivity index (χ4v) is 1.43. The summed E-state index contributed by atoms with van der Waals surface area (Å²) in [5, 5.41) is 0. The van der Waals surface area contributed by atoms with Crippen LogP contribution in [0, 0.1) is 6.92 Å². The number of ether oxygens (including phenoxy) is 1. The molecule has 0 N–H and O–H groups in total. The summed E-state index contributed by atoms with van der Waals surface area (Å²) >= 11 is 0. The molecule has 0 spiro atoms. The molecule has 0 radical (unpaired) electrons. The summed E-state index contributed by atoms with van der Waals surface area (Å²) in [6.07, 6.45) is 3.50. The summed E-state index contributed by atoms with van der Waals surface area (Å²) < 4.78 is 5.19. The molecule has 0 bridgehead atoms. The predicted molar refractivity (Wildman–Crippen MR) is 58.8 cm³/mol. The molecule has 0 fully saturated rings. The molecule has 0 aliphatic rings. The molecule has 15 heavy (non-hydrogen) atoms. The summed E-state index contributed by atoms with van der Waals surface area (Å²) in [5.74, 6) is 0.607. The Labute approximate surface area is 88.8 Å². The maximum atomic E-state index is 5.19. The van der Waals surface area contributed by atoms with Crippen LogP contribution in [-0.2, 0) is 0 Å². The highest BCUT2D eigenvalue weighted by atomic mass is 16.5. The zero-order chi connectivity index (χ0) is 10.7. The van der Waals surface area contributed by atoms with Crippen molar-refractivity contribution in [2.75, 3.05) is 7.11 Å². The Balaban J connectivity index is 2.53. The highest BCUT2D eigenvalue weighted by Crippen LogP contribution is 2.25. The second kappa shape index (κ2) is 4.09. The number of aryl methyl sites for hydroxylation is 1. The van der Waals surface area contributed by atoms with Gasteiger partial charge in [0.25, 0.3) is 0 Å². The topological polar surface area (TPSA) is 35.0 Å². The first kappa shape index (κ1) is 9.65. The third kappa shape index (κ3) is 1.96. The lowest BCUT2D eigenvalue weighted by Gasteiger charge is -2.06. The van der Waals surface area contributed by atoms with Gasteiger partial charge in [0.1, 0.15) is 0 Å². The minimum Gasteiger partial charge on any atom is -0.481 e. The molecule has 2 aromatic rings. The van der Waals surface area contributed by atoms with Crippen LogP contribution in [0.4, 0.5) is 0 Å². The molecule has 0 unspecified atom stereocenters. The van der Waals surface area contributed by atoms with Crippen LogP contribution in [0.15, 0.2) is 36.7 Å². The Morgan fingerprint density at radius 1 is 1.13 bits per heavy atom. The lowest BCUT2D eigenvalue weighted by atomic mass is 10.1. The van der Waals surface area contributed by atoms with E-state index < -0.39 is 0 Å². The lowest BCUT2D eigenvalue weighted by Crippen LogP contribution is -1.92. The zero-order valence-corrected chi connectivity index (χ0v) is 8.77. The first-order valence-electron chi connectivity index (χ1n) is 4.73. The van der Waals surface area contributed by atoms with Gasteiger partial charge >= 0.3 is 0 Å². The molecule has 0 atom stereocenters. The average molecular weight is 200 g/mol. The predicted octanol–water partition coefficient (Wildman–Crippen LogP) is 2.46. The Kier molecular flexibility index (Phi) is 2.63. The molecule has 0 aliphatic carbocycles. The van der Waals surface area contributed by atoms with Crippen LogP contribution in [0.5, 0.6) is 5.88 Å². The summed E-state index contributed by atoms with van der Waals surface area (Å²) in [7, 11) is 1.61. The van der Waals surface area contributed by atoms with Crippen molar-refractivity contribution in [1.29, 1.82) is 0 Å². The quantitative estimate of drug-likeness (QED) is 0.747. The van der Waals surface area contributed by atoms with E-state index in [1.165, 1.54) is 5.56 Å². The van der Waals surface area contributed by atoms with Crippen molar-refractivity contribution in [1.82, 2.24) is 9.97 Å². The molecule has 2 heterocycles. The highest BCUT2D eigenvalue weighted by molar-refractivity contribution is 5.64. The van der Waals surface area contributed by atoms with E-state index in [9.17, 15) is 0 Å². The monoisotopic (exact) mass is 200 g/mol. The molecule has 76 valence electrons. The molecular formula is C12H12N2O. The molecule has 2 rings (SSSR count). The molecular weight excluding hydrogens is 188 g/mol. The van der Waals surface area contributed by atoms with Gasteiger partial charge in [-0.05, 0) is 36.8 Å². The van der Waals surface area contributed by atoms with Crippen LogP contribution in [-0.4, -0.2) is 17.1 Å². The van der Waals surface area contributed by atoms with Crippen molar-refractivity contribution in [2.45, 2.75) is 6.92 Å².